The molecule has 2 aliphatic carbocycles. The highest BCUT2D eigenvalue weighted by molar-refractivity contribution is 6.76. The van der Waals surface area contributed by atoms with Crippen molar-refractivity contribution in [1.82, 2.24) is 9.88 Å². The number of fused-ring (bicyclic) bond motifs is 1. The van der Waals surface area contributed by atoms with Crippen LogP contribution in [0.5, 0.6) is 0 Å². The Morgan fingerprint density at radius 1 is 1.04 bits per heavy atom. The molecule has 1 heterocycles. The Morgan fingerprint density at radius 2 is 1.74 bits per heavy atom. The van der Waals surface area contributed by atoms with Crippen molar-refractivity contribution in [2.75, 3.05) is 26.2 Å². The van der Waals surface area contributed by atoms with Crippen molar-refractivity contribution in [3.63, 3.8) is 0 Å². The van der Waals surface area contributed by atoms with E-state index in [4.69, 9.17) is 0 Å². The van der Waals surface area contributed by atoms with Gasteiger partial charge in [0, 0.05) is 32.1 Å². The van der Waals surface area contributed by atoms with Crippen LogP contribution in [0.3, 0.4) is 0 Å². The summed E-state index contributed by atoms with van der Waals surface area (Å²) in [6.07, 6.45) is 12.5. The molecule has 0 amide bonds. The lowest BCUT2D eigenvalue weighted by atomic mass is 9.80. The van der Waals surface area contributed by atoms with E-state index in [1.807, 2.05) is 0 Å². The maximum Gasteiger partial charge on any atom is 0.126 e. The van der Waals surface area contributed by atoms with Gasteiger partial charge in [0.1, 0.15) is 8.24 Å². The number of nitrogens with zero attached hydrogens (tertiary/aromatic N) is 1. The molecule has 27 heavy (non-hydrogen) atoms. The summed E-state index contributed by atoms with van der Waals surface area (Å²) in [5.74, 6) is 2.93. The van der Waals surface area contributed by atoms with Crippen LogP contribution in [0.4, 0.5) is 0 Å². The molecule has 1 aromatic carbocycles. The monoisotopic (exact) mass is 380 g/mol. The molecule has 146 valence electrons. The van der Waals surface area contributed by atoms with Gasteiger partial charge in [-0.25, -0.2) is 0 Å². The van der Waals surface area contributed by atoms with Gasteiger partial charge >= 0.3 is 0 Å². The molecule has 1 N–H and O–H groups in total. The Morgan fingerprint density at radius 3 is 2.44 bits per heavy atom. The molecule has 0 bridgehead atoms. The average molecular weight is 381 g/mol. The third-order valence-corrected chi connectivity index (χ3v) is 12.2. The first-order chi connectivity index (χ1) is 13.1. The Labute approximate surface area is 166 Å². The predicted octanol–water partition coefficient (Wildman–Crippen LogP) is 5.04. The zero-order chi connectivity index (χ0) is 18.9. The Balaban J connectivity index is 1.67. The van der Waals surface area contributed by atoms with Crippen molar-refractivity contribution in [2.24, 2.45) is 17.8 Å². The number of nitrogens with one attached hydrogen (secondary N) is 1. The lowest BCUT2D eigenvalue weighted by Gasteiger charge is -2.47. The van der Waals surface area contributed by atoms with Crippen molar-refractivity contribution in [3.8, 4) is 0 Å². The SMILES string of the molecule is CCC1CC2C(c3ccccc3)C=CC=CC2C1[Si](C)(C)N1CCNCC1. The van der Waals surface area contributed by atoms with E-state index in [-0.39, 0.29) is 0 Å². The van der Waals surface area contributed by atoms with Crippen LogP contribution in [-0.4, -0.2) is 39.0 Å². The van der Waals surface area contributed by atoms with E-state index < -0.39 is 8.24 Å². The molecule has 5 atom stereocenters. The van der Waals surface area contributed by atoms with Gasteiger partial charge in [0.25, 0.3) is 0 Å². The normalized spacial score (nSPS) is 34.4. The molecule has 4 rings (SSSR count). The van der Waals surface area contributed by atoms with Gasteiger partial charge in [0.15, 0.2) is 0 Å². The van der Waals surface area contributed by atoms with Gasteiger partial charge in [-0.15, -0.1) is 0 Å². The highest BCUT2D eigenvalue weighted by Gasteiger charge is 2.53. The maximum atomic E-state index is 3.55. The fourth-order valence-electron chi connectivity index (χ4n) is 6.36. The summed E-state index contributed by atoms with van der Waals surface area (Å²) < 4.78 is 2.91. The number of rotatable bonds is 4. The molecule has 1 saturated carbocycles. The average Bonchev–Trinajstić information content (AvgIpc) is 2.96. The molecule has 1 saturated heterocycles. The predicted molar refractivity (Wildman–Crippen MR) is 119 cm³/mol. The number of piperazine rings is 1. The van der Waals surface area contributed by atoms with Crippen LogP contribution in [0.15, 0.2) is 54.6 Å². The summed E-state index contributed by atoms with van der Waals surface area (Å²) in [7, 11) is -1.50. The number of benzene rings is 1. The molecule has 0 aromatic heterocycles. The Bertz CT molecular complexity index is 675. The second-order valence-corrected chi connectivity index (χ2v) is 13.9. The second kappa shape index (κ2) is 8.06. The summed E-state index contributed by atoms with van der Waals surface area (Å²) in [5, 5.41) is 3.55. The van der Waals surface area contributed by atoms with Gasteiger partial charge < -0.3 is 9.88 Å². The molecule has 0 spiro atoms. The van der Waals surface area contributed by atoms with Gasteiger partial charge in [0.05, 0.1) is 0 Å². The van der Waals surface area contributed by atoms with Crippen LogP contribution in [0.1, 0.15) is 31.2 Å². The largest absolute Gasteiger partial charge is 0.321 e. The fourth-order valence-corrected chi connectivity index (χ4v) is 11.0. The third kappa shape index (κ3) is 3.62. The van der Waals surface area contributed by atoms with E-state index in [1.54, 1.807) is 0 Å². The minimum Gasteiger partial charge on any atom is -0.321 e. The molecule has 2 nitrogen and oxygen atoms in total. The van der Waals surface area contributed by atoms with Gasteiger partial charge in [-0.3, -0.25) is 0 Å². The van der Waals surface area contributed by atoms with Crippen molar-refractivity contribution in [3.05, 3.63) is 60.2 Å². The topological polar surface area (TPSA) is 15.3 Å². The first-order valence-electron chi connectivity index (χ1n) is 11.0. The van der Waals surface area contributed by atoms with Crippen molar-refractivity contribution >= 4 is 8.24 Å². The minimum atomic E-state index is -1.50. The molecule has 1 aromatic rings. The van der Waals surface area contributed by atoms with Gasteiger partial charge in [-0.05, 0) is 35.3 Å². The fraction of sp³-hybridized carbons (Fsp3) is 0.583. The van der Waals surface area contributed by atoms with E-state index in [2.05, 4.69) is 84.5 Å². The summed E-state index contributed by atoms with van der Waals surface area (Å²) in [6, 6.07) is 11.2. The molecule has 2 fully saturated rings. The third-order valence-electron chi connectivity index (χ3n) is 7.67. The van der Waals surface area contributed by atoms with Crippen LogP contribution >= 0.6 is 0 Å². The smallest absolute Gasteiger partial charge is 0.126 e. The Kier molecular flexibility index (Phi) is 5.72. The van der Waals surface area contributed by atoms with Gasteiger partial charge in [0.2, 0.25) is 0 Å². The molecule has 3 aliphatic rings. The van der Waals surface area contributed by atoms with Gasteiger partial charge in [-0.1, -0.05) is 81.1 Å². The standard InChI is InChI=1S/C24H36N2Si/c1-4-19-18-23-21(20-10-6-5-7-11-20)12-8-9-13-22(23)24(19)27(2,3)26-16-14-25-15-17-26/h5-13,19,21-25H,4,14-18H2,1-3H3. The van der Waals surface area contributed by atoms with Crippen molar-refractivity contribution in [1.29, 1.82) is 0 Å². The zero-order valence-corrected chi connectivity index (χ0v) is 18.3. The highest BCUT2D eigenvalue weighted by atomic mass is 28.3. The number of hydrogen-bond donors (Lipinski definition) is 1. The number of allylic oxidation sites excluding steroid dienone is 4. The summed E-state index contributed by atoms with van der Waals surface area (Å²) in [5.41, 5.74) is 2.37. The minimum absolute atomic E-state index is 0.568. The van der Waals surface area contributed by atoms with E-state index in [0.717, 1.165) is 36.4 Å². The second-order valence-electron chi connectivity index (χ2n) is 9.27. The van der Waals surface area contributed by atoms with Crippen molar-refractivity contribution < 1.29 is 0 Å². The highest BCUT2D eigenvalue weighted by Crippen LogP contribution is 2.57. The van der Waals surface area contributed by atoms with Crippen LogP contribution in [0.25, 0.3) is 0 Å². The first kappa shape index (κ1) is 19.2. The van der Waals surface area contributed by atoms with E-state index in [9.17, 15) is 0 Å². The van der Waals surface area contributed by atoms with Crippen LogP contribution < -0.4 is 5.32 Å². The quantitative estimate of drug-likeness (QED) is 0.736. The summed E-state index contributed by atoms with van der Waals surface area (Å²) >= 11 is 0. The lowest BCUT2D eigenvalue weighted by Crippen LogP contribution is -2.60. The molecule has 1 aliphatic heterocycles. The zero-order valence-electron chi connectivity index (χ0n) is 17.3. The van der Waals surface area contributed by atoms with Crippen LogP contribution in [-0.2, 0) is 0 Å². The Hall–Kier alpha value is -1.16. The van der Waals surface area contributed by atoms with Crippen molar-refractivity contribution in [2.45, 2.75) is 44.3 Å². The van der Waals surface area contributed by atoms with Crippen LogP contribution in [0, 0.1) is 17.8 Å². The van der Waals surface area contributed by atoms with E-state index in [1.165, 1.54) is 31.5 Å². The summed E-state index contributed by atoms with van der Waals surface area (Å²) in [4.78, 5) is 0. The van der Waals surface area contributed by atoms with Crippen LogP contribution in [0.2, 0.25) is 18.6 Å². The van der Waals surface area contributed by atoms with E-state index in [0.29, 0.717) is 5.92 Å². The molecule has 0 radical (unpaired) electrons. The molecular weight excluding hydrogens is 344 g/mol. The number of hydrogen-bond acceptors (Lipinski definition) is 2. The molecule has 3 heteroatoms. The molecule has 5 unspecified atom stereocenters. The molecular formula is C24H36N2Si. The lowest BCUT2D eigenvalue weighted by molar-refractivity contribution is 0.335. The van der Waals surface area contributed by atoms with E-state index >= 15 is 0 Å². The summed E-state index contributed by atoms with van der Waals surface area (Å²) in [6.45, 7) is 12.6. The van der Waals surface area contributed by atoms with Gasteiger partial charge in [-0.2, -0.15) is 0 Å². The first-order valence-corrected chi connectivity index (χ1v) is 14.0. The maximum absolute atomic E-state index is 3.55.